The highest BCUT2D eigenvalue weighted by Gasteiger charge is 2.25. The molecule has 0 bridgehead atoms. The van der Waals surface area contributed by atoms with Crippen molar-refractivity contribution in [2.75, 3.05) is 0 Å². The second kappa shape index (κ2) is 8.44. The van der Waals surface area contributed by atoms with Gasteiger partial charge in [-0.2, -0.15) is 0 Å². The van der Waals surface area contributed by atoms with Gasteiger partial charge in [0.2, 0.25) is 0 Å². The molecule has 0 saturated carbocycles. The first-order valence-corrected chi connectivity index (χ1v) is 10.9. The van der Waals surface area contributed by atoms with Crippen LogP contribution in [0.25, 0.3) is 11.8 Å². The number of carbonyl (C=O) groups excluding carboxylic acids is 2. The summed E-state index contributed by atoms with van der Waals surface area (Å²) < 4.78 is 2.09. The molecule has 0 aliphatic carbocycles. The van der Waals surface area contributed by atoms with E-state index in [0.717, 1.165) is 44.2 Å². The Morgan fingerprint density at radius 3 is 2.19 bits per heavy atom. The Morgan fingerprint density at radius 2 is 1.65 bits per heavy atom. The van der Waals surface area contributed by atoms with Crippen molar-refractivity contribution in [3.8, 4) is 5.69 Å². The smallest absolute Gasteiger partial charge is 0.290 e. The molecule has 4 rings (SSSR count). The minimum Gasteiger partial charge on any atom is -0.318 e. The lowest BCUT2D eigenvalue weighted by Gasteiger charge is -2.11. The number of amides is 2. The van der Waals surface area contributed by atoms with Gasteiger partial charge >= 0.3 is 0 Å². The maximum Gasteiger partial charge on any atom is 0.290 e. The molecule has 7 nitrogen and oxygen atoms in total. The predicted molar refractivity (Wildman–Crippen MR) is 122 cm³/mol. The summed E-state index contributed by atoms with van der Waals surface area (Å²) in [7, 11) is 0. The number of hydrogen-bond donors (Lipinski definition) is 1. The highest BCUT2D eigenvalue weighted by Crippen LogP contribution is 2.32. The average molecular weight is 452 g/mol. The highest BCUT2D eigenvalue weighted by atomic mass is 32.2. The van der Waals surface area contributed by atoms with E-state index in [1.165, 1.54) is 23.9 Å². The van der Waals surface area contributed by atoms with Crippen LogP contribution >= 0.6 is 23.5 Å². The average Bonchev–Trinajstić information content (AvgIpc) is 3.20. The molecule has 1 fully saturated rings. The Bertz CT molecular complexity index is 1230. The van der Waals surface area contributed by atoms with Gasteiger partial charge in [-0.1, -0.05) is 11.8 Å². The van der Waals surface area contributed by atoms with Gasteiger partial charge in [0.25, 0.3) is 16.8 Å². The van der Waals surface area contributed by atoms with Crippen LogP contribution in [0.15, 0.2) is 69.3 Å². The summed E-state index contributed by atoms with van der Waals surface area (Å²) in [4.78, 5) is 35.9. The van der Waals surface area contributed by atoms with Gasteiger partial charge in [-0.05, 0) is 79.7 Å². The van der Waals surface area contributed by atoms with Gasteiger partial charge in [0.15, 0.2) is 0 Å². The van der Waals surface area contributed by atoms with Gasteiger partial charge in [-0.3, -0.25) is 25.0 Å². The second-order valence-electron chi connectivity index (χ2n) is 6.86. The van der Waals surface area contributed by atoms with Crippen LogP contribution < -0.4 is 5.32 Å². The van der Waals surface area contributed by atoms with Gasteiger partial charge in [0.05, 0.1) is 9.83 Å². The number of benzene rings is 2. The fraction of sp³-hybridized carbons (Fsp3) is 0.0909. The van der Waals surface area contributed by atoms with Crippen molar-refractivity contribution < 1.29 is 14.5 Å². The summed E-state index contributed by atoms with van der Waals surface area (Å²) in [6.45, 7) is 3.96. The normalized spacial score (nSPS) is 14.8. The van der Waals surface area contributed by atoms with Crippen LogP contribution in [0.2, 0.25) is 0 Å². The summed E-state index contributed by atoms with van der Waals surface area (Å²) in [5, 5.41) is 12.7. The van der Waals surface area contributed by atoms with Crippen molar-refractivity contribution in [1.29, 1.82) is 0 Å². The molecule has 1 saturated heterocycles. The Kier molecular flexibility index (Phi) is 5.71. The number of rotatable bonds is 5. The van der Waals surface area contributed by atoms with Crippen molar-refractivity contribution in [3.63, 3.8) is 0 Å². The second-order valence-corrected chi connectivity index (χ2v) is 9.02. The van der Waals surface area contributed by atoms with Crippen LogP contribution in [-0.4, -0.2) is 20.6 Å². The van der Waals surface area contributed by atoms with Crippen molar-refractivity contribution in [3.05, 3.63) is 86.6 Å². The minimum atomic E-state index is -0.412. The number of thioether (sulfide) groups is 1. The number of carbonyl (C=O) groups is 2. The third-order valence-electron chi connectivity index (χ3n) is 4.78. The number of aryl methyl sites for hydroxylation is 1. The Hall–Kier alpha value is -3.30. The summed E-state index contributed by atoms with van der Waals surface area (Å²) in [6, 6.07) is 16.5. The molecule has 31 heavy (non-hydrogen) atoms. The Labute approximate surface area is 186 Å². The van der Waals surface area contributed by atoms with E-state index in [4.69, 9.17) is 0 Å². The SMILES string of the molecule is Cc1cc(/C=C2\SC(=O)NC2=O)c(C)n1-c1ccc(Sc2ccc([N+](=O)[O-])cc2)cc1. The van der Waals surface area contributed by atoms with Crippen molar-refractivity contribution in [1.82, 2.24) is 9.88 Å². The van der Waals surface area contributed by atoms with E-state index in [-0.39, 0.29) is 16.8 Å². The van der Waals surface area contributed by atoms with Crippen molar-refractivity contribution in [2.45, 2.75) is 23.6 Å². The molecular formula is C22H17N3O4S2. The van der Waals surface area contributed by atoms with E-state index < -0.39 is 4.92 Å². The van der Waals surface area contributed by atoms with E-state index >= 15 is 0 Å². The van der Waals surface area contributed by atoms with Crippen LogP contribution in [0, 0.1) is 24.0 Å². The molecule has 1 aliphatic rings. The molecule has 0 unspecified atom stereocenters. The van der Waals surface area contributed by atoms with Crippen LogP contribution in [-0.2, 0) is 4.79 Å². The maximum atomic E-state index is 11.8. The molecule has 156 valence electrons. The molecular weight excluding hydrogens is 434 g/mol. The number of hydrogen-bond acceptors (Lipinski definition) is 6. The fourth-order valence-electron chi connectivity index (χ4n) is 3.33. The molecule has 2 amide bonds. The fourth-order valence-corrected chi connectivity index (χ4v) is 4.82. The van der Waals surface area contributed by atoms with Crippen molar-refractivity contribution >= 4 is 46.4 Å². The summed E-state index contributed by atoms with van der Waals surface area (Å²) in [6.07, 6.45) is 1.74. The van der Waals surface area contributed by atoms with Gasteiger partial charge in [-0.25, -0.2) is 0 Å². The maximum absolute atomic E-state index is 11.8. The molecule has 3 aromatic rings. The van der Waals surface area contributed by atoms with Gasteiger partial charge in [-0.15, -0.1) is 0 Å². The summed E-state index contributed by atoms with van der Waals surface area (Å²) in [5.74, 6) is -0.368. The molecule has 1 aromatic heterocycles. The lowest BCUT2D eigenvalue weighted by molar-refractivity contribution is -0.384. The predicted octanol–water partition coefficient (Wildman–Crippen LogP) is 5.48. The van der Waals surface area contributed by atoms with Gasteiger partial charge < -0.3 is 4.57 Å². The number of nitrogens with one attached hydrogen (secondary N) is 1. The number of nitrogens with zero attached hydrogens (tertiary/aromatic N) is 2. The first-order valence-electron chi connectivity index (χ1n) is 9.28. The summed E-state index contributed by atoms with van der Waals surface area (Å²) >= 11 is 2.43. The van der Waals surface area contributed by atoms with E-state index in [1.807, 2.05) is 44.2 Å². The van der Waals surface area contributed by atoms with Crippen LogP contribution in [0.3, 0.4) is 0 Å². The van der Waals surface area contributed by atoms with Gasteiger partial charge in [0.1, 0.15) is 0 Å². The topological polar surface area (TPSA) is 94.2 Å². The van der Waals surface area contributed by atoms with Gasteiger partial charge in [0, 0.05) is 39.0 Å². The van der Waals surface area contributed by atoms with Crippen LogP contribution in [0.1, 0.15) is 17.0 Å². The molecule has 0 radical (unpaired) electrons. The third kappa shape index (κ3) is 4.42. The lowest BCUT2D eigenvalue weighted by atomic mass is 10.2. The first kappa shape index (κ1) is 21.0. The number of aromatic nitrogens is 1. The highest BCUT2D eigenvalue weighted by molar-refractivity contribution is 8.18. The monoisotopic (exact) mass is 451 g/mol. The number of nitro groups is 1. The number of imide groups is 1. The first-order chi connectivity index (χ1) is 14.8. The molecule has 0 spiro atoms. The molecule has 2 aromatic carbocycles. The Morgan fingerprint density at radius 1 is 1.03 bits per heavy atom. The molecule has 2 heterocycles. The zero-order valence-electron chi connectivity index (χ0n) is 16.6. The van der Waals surface area contributed by atoms with E-state index in [9.17, 15) is 19.7 Å². The zero-order chi connectivity index (χ0) is 22.1. The van der Waals surface area contributed by atoms with Crippen LogP contribution in [0.5, 0.6) is 0 Å². The largest absolute Gasteiger partial charge is 0.318 e. The quantitative estimate of drug-likeness (QED) is 0.314. The molecule has 1 aliphatic heterocycles. The van der Waals surface area contributed by atoms with Crippen LogP contribution in [0.4, 0.5) is 10.5 Å². The summed E-state index contributed by atoms with van der Waals surface area (Å²) in [5.41, 5.74) is 3.91. The van der Waals surface area contributed by atoms with E-state index in [2.05, 4.69) is 9.88 Å². The standard InChI is InChI=1S/C22H17N3O4S2/c1-13-11-15(12-20-21(26)23-22(27)31-20)14(2)24(13)16-3-7-18(8-4-16)30-19-9-5-17(6-10-19)25(28)29/h3-12H,1-2H3,(H,23,26,27)/b20-12-. The van der Waals surface area contributed by atoms with Crippen molar-refractivity contribution in [2.24, 2.45) is 0 Å². The number of nitro benzene ring substituents is 1. The molecule has 0 atom stereocenters. The van der Waals surface area contributed by atoms with E-state index in [0.29, 0.717) is 4.91 Å². The Balaban J connectivity index is 1.56. The molecule has 1 N–H and O–H groups in total. The third-order valence-corrected chi connectivity index (χ3v) is 6.60. The minimum absolute atomic E-state index is 0.0712. The zero-order valence-corrected chi connectivity index (χ0v) is 18.3. The molecule has 9 heteroatoms. The van der Waals surface area contributed by atoms with E-state index in [1.54, 1.807) is 18.2 Å². The number of non-ortho nitro benzene ring substituents is 1. The lowest BCUT2D eigenvalue weighted by Crippen LogP contribution is -2.17.